The van der Waals surface area contributed by atoms with Crippen LogP contribution in [0.3, 0.4) is 0 Å². The molecule has 2 saturated carbocycles. The van der Waals surface area contributed by atoms with E-state index >= 15 is 0 Å². The van der Waals surface area contributed by atoms with Crippen molar-refractivity contribution >= 4 is 11.6 Å². The second kappa shape index (κ2) is 4.91. The van der Waals surface area contributed by atoms with E-state index in [0.717, 1.165) is 12.8 Å². The van der Waals surface area contributed by atoms with Gasteiger partial charge in [0, 0.05) is 13.8 Å². The van der Waals surface area contributed by atoms with Gasteiger partial charge in [0.2, 0.25) is 0 Å². The zero-order valence-corrected chi connectivity index (χ0v) is 14.6. The smallest absolute Gasteiger partial charge is 0.156 e. The van der Waals surface area contributed by atoms with Crippen LogP contribution in [0, 0.1) is 34.5 Å². The van der Waals surface area contributed by atoms with Crippen LogP contribution in [0.4, 0.5) is 0 Å². The van der Waals surface area contributed by atoms with Crippen molar-refractivity contribution in [3.05, 3.63) is 23.8 Å². The summed E-state index contributed by atoms with van der Waals surface area (Å²) in [7, 11) is 0. The molecule has 4 rings (SSSR count). The highest BCUT2D eigenvalue weighted by atomic mass is 16.1. The van der Waals surface area contributed by atoms with Crippen LogP contribution in [0.5, 0.6) is 0 Å². The summed E-state index contributed by atoms with van der Waals surface area (Å²) in [5, 5.41) is 0. The Bertz CT molecular complexity index is 634. The summed E-state index contributed by atoms with van der Waals surface area (Å²) in [6.07, 6.45) is 12.9. The van der Waals surface area contributed by atoms with Crippen molar-refractivity contribution in [2.75, 3.05) is 0 Å². The van der Waals surface area contributed by atoms with Gasteiger partial charge in [-0.3, -0.25) is 9.59 Å². The third-order valence-electron chi connectivity index (χ3n) is 8.01. The van der Waals surface area contributed by atoms with E-state index in [-0.39, 0.29) is 18.2 Å². The molecule has 0 bridgehead atoms. The van der Waals surface area contributed by atoms with Crippen LogP contribution >= 0.6 is 0 Å². The highest BCUT2D eigenvalue weighted by Crippen LogP contribution is 2.65. The molecule has 0 aromatic carbocycles. The van der Waals surface area contributed by atoms with Crippen LogP contribution in [0.25, 0.3) is 0 Å². The Kier molecular flexibility index (Phi) is 3.28. The van der Waals surface area contributed by atoms with E-state index in [1.807, 2.05) is 6.08 Å². The fraction of sp³-hybridized carbons (Fsp3) is 0.714. The maximum Gasteiger partial charge on any atom is 0.156 e. The molecule has 0 aliphatic heterocycles. The first kappa shape index (κ1) is 15.4. The minimum Gasteiger partial charge on any atom is -0.300 e. The van der Waals surface area contributed by atoms with Gasteiger partial charge in [0.25, 0.3) is 0 Å². The van der Waals surface area contributed by atoms with E-state index in [0.29, 0.717) is 35.7 Å². The summed E-state index contributed by atoms with van der Waals surface area (Å²) < 4.78 is 0. The van der Waals surface area contributed by atoms with E-state index in [2.05, 4.69) is 26.0 Å². The molecule has 0 aromatic rings. The van der Waals surface area contributed by atoms with Crippen LogP contribution < -0.4 is 0 Å². The first-order valence-electron chi connectivity index (χ1n) is 9.30. The maximum absolute atomic E-state index is 12.1. The van der Waals surface area contributed by atoms with Gasteiger partial charge in [0.1, 0.15) is 5.78 Å². The first-order chi connectivity index (χ1) is 10.9. The van der Waals surface area contributed by atoms with Gasteiger partial charge in [0.05, 0.1) is 0 Å². The van der Waals surface area contributed by atoms with Crippen LogP contribution in [0.15, 0.2) is 23.8 Å². The highest BCUT2D eigenvalue weighted by Gasteiger charge is 2.58. The number of carbonyl (C=O) groups is 2. The number of hydrogen-bond acceptors (Lipinski definition) is 2. The van der Waals surface area contributed by atoms with Crippen molar-refractivity contribution in [3.8, 4) is 0 Å². The third kappa shape index (κ3) is 1.99. The predicted octanol–water partition coefficient (Wildman–Crippen LogP) is 4.75. The lowest BCUT2D eigenvalue weighted by Crippen LogP contribution is -2.49. The second-order valence-corrected chi connectivity index (χ2v) is 8.92. The molecule has 0 heterocycles. The number of allylic oxidation sites excluding steroid dienone is 4. The van der Waals surface area contributed by atoms with E-state index < -0.39 is 0 Å². The number of ketones is 2. The molecule has 4 aliphatic carbocycles. The lowest BCUT2D eigenvalue weighted by molar-refractivity contribution is -0.127. The predicted molar refractivity (Wildman–Crippen MR) is 92.9 cm³/mol. The molecule has 2 nitrogen and oxygen atoms in total. The molecule has 0 saturated heterocycles. The van der Waals surface area contributed by atoms with Crippen LogP contribution in [-0.2, 0) is 9.59 Å². The minimum absolute atomic E-state index is 0. The van der Waals surface area contributed by atoms with E-state index in [1.165, 1.54) is 24.8 Å². The van der Waals surface area contributed by atoms with Gasteiger partial charge in [-0.2, -0.15) is 0 Å². The SMILES string of the molecule is CC(=O)C1CC[C@H]2[C@@H]3C=CC4=CC(=O)CC[C@@]4(C)C3CC[C@]12C.[HH]. The van der Waals surface area contributed by atoms with Crippen LogP contribution in [0.1, 0.15) is 60.7 Å². The Morgan fingerprint density at radius 1 is 1.17 bits per heavy atom. The van der Waals surface area contributed by atoms with Crippen LogP contribution in [-0.4, -0.2) is 11.6 Å². The quantitative estimate of drug-likeness (QED) is 0.700. The van der Waals surface area contributed by atoms with Gasteiger partial charge in [-0.25, -0.2) is 0 Å². The summed E-state index contributed by atoms with van der Waals surface area (Å²) >= 11 is 0. The number of fused-ring (bicyclic) bond motifs is 5. The summed E-state index contributed by atoms with van der Waals surface area (Å²) in [5.41, 5.74) is 1.63. The van der Waals surface area contributed by atoms with Crippen molar-refractivity contribution < 1.29 is 11.0 Å². The molecule has 126 valence electrons. The molecular weight excluding hydrogens is 284 g/mol. The molecule has 2 unspecified atom stereocenters. The van der Waals surface area contributed by atoms with Crippen molar-refractivity contribution in [1.29, 1.82) is 0 Å². The molecule has 0 aromatic heterocycles. The molecule has 23 heavy (non-hydrogen) atoms. The number of hydrogen-bond donors (Lipinski definition) is 0. The molecule has 2 heteroatoms. The summed E-state index contributed by atoms with van der Waals surface area (Å²) in [4.78, 5) is 24.0. The topological polar surface area (TPSA) is 34.1 Å². The number of carbonyl (C=O) groups excluding carboxylic acids is 2. The van der Waals surface area contributed by atoms with Gasteiger partial charge >= 0.3 is 0 Å². The Labute approximate surface area is 140 Å². The Morgan fingerprint density at radius 2 is 1.96 bits per heavy atom. The number of Topliss-reactive ketones (excluding diaryl/α,β-unsaturated/α-hetero) is 1. The van der Waals surface area contributed by atoms with Crippen molar-refractivity contribution in [3.63, 3.8) is 0 Å². The van der Waals surface area contributed by atoms with Crippen molar-refractivity contribution in [1.82, 2.24) is 0 Å². The largest absolute Gasteiger partial charge is 0.300 e. The monoisotopic (exact) mass is 314 g/mol. The molecular formula is C21H30O2. The average molecular weight is 314 g/mol. The molecule has 0 amide bonds. The molecule has 4 aliphatic rings. The lowest BCUT2D eigenvalue weighted by atomic mass is 9.48. The standard InChI is InChI=1S/C21H28O2.H2/c1-13(22)17-6-7-18-16-5-4-14-12-15(23)8-10-20(14,2)19(16)9-11-21(17,18)3;/h4-5,12,16-19H,6-11H2,1-3H3;1H/t16-,17?,18-,19?,20+,21+;/m0./s1. The van der Waals surface area contributed by atoms with Crippen molar-refractivity contribution in [2.45, 2.75) is 59.3 Å². The maximum atomic E-state index is 12.1. The first-order valence-corrected chi connectivity index (χ1v) is 9.30. The fourth-order valence-corrected chi connectivity index (χ4v) is 6.66. The Hall–Kier alpha value is -1.18. The normalized spacial score (nSPS) is 48.3. The molecule has 0 N–H and O–H groups in total. The Balaban J connectivity index is 0.00000169. The molecule has 2 fully saturated rings. The zero-order chi connectivity index (χ0) is 16.4. The summed E-state index contributed by atoms with van der Waals surface area (Å²) in [6.45, 7) is 6.54. The number of rotatable bonds is 1. The van der Waals surface area contributed by atoms with E-state index in [1.54, 1.807) is 6.92 Å². The average Bonchev–Trinajstić information content (AvgIpc) is 2.85. The molecule has 0 radical (unpaired) electrons. The lowest BCUT2D eigenvalue weighted by Gasteiger charge is -2.55. The highest BCUT2D eigenvalue weighted by molar-refractivity contribution is 5.92. The summed E-state index contributed by atoms with van der Waals surface area (Å²) in [6, 6.07) is 0. The van der Waals surface area contributed by atoms with Crippen molar-refractivity contribution in [2.24, 2.45) is 34.5 Å². The third-order valence-corrected chi connectivity index (χ3v) is 8.01. The van der Waals surface area contributed by atoms with E-state index in [9.17, 15) is 9.59 Å². The van der Waals surface area contributed by atoms with Crippen LogP contribution in [0.2, 0.25) is 0 Å². The zero-order valence-electron chi connectivity index (χ0n) is 14.6. The van der Waals surface area contributed by atoms with Gasteiger partial charge in [-0.1, -0.05) is 26.0 Å². The van der Waals surface area contributed by atoms with Gasteiger partial charge in [0.15, 0.2) is 5.78 Å². The van der Waals surface area contributed by atoms with Gasteiger partial charge < -0.3 is 0 Å². The summed E-state index contributed by atoms with van der Waals surface area (Å²) in [5.74, 6) is 2.83. The second-order valence-electron chi connectivity index (χ2n) is 8.92. The molecule has 0 spiro atoms. The minimum atomic E-state index is 0. The molecule has 6 atom stereocenters. The Morgan fingerprint density at radius 3 is 2.70 bits per heavy atom. The van der Waals surface area contributed by atoms with Gasteiger partial charge in [-0.05, 0) is 79.3 Å². The fourth-order valence-electron chi connectivity index (χ4n) is 6.66. The van der Waals surface area contributed by atoms with Gasteiger partial charge in [-0.15, -0.1) is 0 Å². The van der Waals surface area contributed by atoms with E-state index in [4.69, 9.17) is 0 Å².